The molecule has 2 aromatic rings. The van der Waals surface area contributed by atoms with Gasteiger partial charge < -0.3 is 9.47 Å². The molecule has 0 N–H and O–H groups in total. The third kappa shape index (κ3) is 5.27. The summed E-state index contributed by atoms with van der Waals surface area (Å²) in [6.07, 6.45) is 7.36. The van der Waals surface area contributed by atoms with Gasteiger partial charge in [0.1, 0.15) is 18.1 Å². The van der Waals surface area contributed by atoms with Crippen LogP contribution < -0.4 is 9.47 Å². The maximum absolute atomic E-state index is 12.5. The Morgan fingerprint density at radius 1 is 0.941 bits per heavy atom. The van der Waals surface area contributed by atoms with Crippen LogP contribution >= 0.6 is 0 Å². The molecule has 6 nitrogen and oxygen atoms in total. The zero-order valence-corrected chi connectivity index (χ0v) is 20.4. The standard InChI is InChI=1S/C28H36N2O4/c1-3-16-29(21-19-24-25(33-2)14-11-15-26(24)34-20-21)17-9-5-4-6-10-18-30-27(31)22-12-7-8-13-23(22)28(30)32/h7-8,11-15,21H,3-6,9-10,16-20H2,1-2H3. The van der Waals surface area contributed by atoms with Gasteiger partial charge in [-0.25, -0.2) is 0 Å². The molecule has 2 aliphatic heterocycles. The van der Waals surface area contributed by atoms with Gasteiger partial charge >= 0.3 is 0 Å². The molecule has 182 valence electrons. The quantitative estimate of drug-likeness (QED) is 0.328. The Morgan fingerprint density at radius 3 is 2.35 bits per heavy atom. The van der Waals surface area contributed by atoms with Gasteiger partial charge in [-0.2, -0.15) is 0 Å². The van der Waals surface area contributed by atoms with Gasteiger partial charge in [-0.05, 0) is 63.0 Å². The molecule has 0 saturated carbocycles. The van der Waals surface area contributed by atoms with Gasteiger partial charge in [0, 0.05) is 18.2 Å². The van der Waals surface area contributed by atoms with Crippen LogP contribution in [0, 0.1) is 0 Å². The summed E-state index contributed by atoms with van der Waals surface area (Å²) in [5, 5.41) is 0. The Labute approximate surface area is 202 Å². The van der Waals surface area contributed by atoms with Crippen molar-refractivity contribution in [1.29, 1.82) is 0 Å². The zero-order valence-electron chi connectivity index (χ0n) is 20.4. The molecule has 6 heteroatoms. The first-order valence-corrected chi connectivity index (χ1v) is 12.6. The second-order valence-corrected chi connectivity index (χ2v) is 9.22. The predicted molar refractivity (Wildman–Crippen MR) is 133 cm³/mol. The minimum Gasteiger partial charge on any atom is -0.496 e. The summed E-state index contributed by atoms with van der Waals surface area (Å²) >= 11 is 0. The van der Waals surface area contributed by atoms with Crippen molar-refractivity contribution in [2.24, 2.45) is 0 Å². The van der Waals surface area contributed by atoms with Crippen molar-refractivity contribution in [1.82, 2.24) is 9.80 Å². The van der Waals surface area contributed by atoms with Crippen LogP contribution in [0.25, 0.3) is 0 Å². The molecule has 0 fully saturated rings. The van der Waals surface area contributed by atoms with E-state index in [2.05, 4.69) is 11.8 Å². The van der Waals surface area contributed by atoms with Gasteiger partial charge in [-0.1, -0.05) is 44.4 Å². The van der Waals surface area contributed by atoms with E-state index in [0.717, 1.165) is 76.1 Å². The fraction of sp³-hybridized carbons (Fsp3) is 0.500. The molecule has 34 heavy (non-hydrogen) atoms. The molecule has 2 aromatic carbocycles. The number of hydrogen-bond donors (Lipinski definition) is 0. The Morgan fingerprint density at radius 2 is 1.65 bits per heavy atom. The fourth-order valence-corrected chi connectivity index (χ4v) is 5.11. The highest BCUT2D eigenvalue weighted by atomic mass is 16.5. The largest absolute Gasteiger partial charge is 0.496 e. The van der Waals surface area contributed by atoms with E-state index in [1.165, 1.54) is 10.5 Å². The van der Waals surface area contributed by atoms with Crippen molar-refractivity contribution in [2.45, 2.75) is 57.9 Å². The molecule has 0 radical (unpaired) electrons. The molecular formula is C28H36N2O4. The van der Waals surface area contributed by atoms with Gasteiger partial charge in [0.15, 0.2) is 0 Å². The number of ether oxygens (including phenoxy) is 2. The first-order chi connectivity index (χ1) is 16.6. The summed E-state index contributed by atoms with van der Waals surface area (Å²) < 4.78 is 11.6. The van der Waals surface area contributed by atoms with Gasteiger partial charge in [0.2, 0.25) is 0 Å². The summed E-state index contributed by atoms with van der Waals surface area (Å²) in [6.45, 7) is 5.59. The number of carbonyl (C=O) groups excluding carboxylic acids is 2. The van der Waals surface area contributed by atoms with Gasteiger partial charge in [-0.15, -0.1) is 0 Å². The maximum Gasteiger partial charge on any atom is 0.261 e. The molecule has 0 saturated heterocycles. The Hall–Kier alpha value is -2.86. The number of fused-ring (bicyclic) bond motifs is 2. The van der Waals surface area contributed by atoms with E-state index in [9.17, 15) is 9.59 Å². The normalized spacial score (nSPS) is 17.0. The third-order valence-corrected chi connectivity index (χ3v) is 6.91. The molecule has 0 aromatic heterocycles. The molecule has 1 atom stereocenters. The number of carbonyl (C=O) groups is 2. The summed E-state index contributed by atoms with van der Waals surface area (Å²) in [4.78, 5) is 28.9. The van der Waals surface area contributed by atoms with E-state index in [1.54, 1.807) is 19.2 Å². The van der Waals surface area contributed by atoms with Crippen LogP contribution in [0.15, 0.2) is 42.5 Å². The Balaban J connectivity index is 1.18. The fourth-order valence-electron chi connectivity index (χ4n) is 5.11. The minimum atomic E-state index is -0.149. The molecule has 4 rings (SSSR count). The molecule has 2 aliphatic rings. The van der Waals surface area contributed by atoms with Gasteiger partial charge in [-0.3, -0.25) is 19.4 Å². The number of nitrogens with zero attached hydrogens (tertiary/aromatic N) is 2. The molecule has 2 heterocycles. The third-order valence-electron chi connectivity index (χ3n) is 6.91. The van der Waals surface area contributed by atoms with Gasteiger partial charge in [0.25, 0.3) is 11.8 Å². The number of unbranched alkanes of at least 4 members (excludes halogenated alkanes) is 4. The van der Waals surface area contributed by atoms with Crippen LogP contribution in [0.4, 0.5) is 0 Å². The van der Waals surface area contributed by atoms with Crippen molar-refractivity contribution >= 4 is 11.8 Å². The average Bonchev–Trinajstić information content (AvgIpc) is 3.11. The second kappa shape index (κ2) is 11.5. The number of methoxy groups -OCH3 is 1. The average molecular weight is 465 g/mol. The maximum atomic E-state index is 12.5. The summed E-state index contributed by atoms with van der Waals surface area (Å²) in [5.74, 6) is 1.56. The van der Waals surface area contributed by atoms with E-state index in [0.29, 0.717) is 23.7 Å². The second-order valence-electron chi connectivity index (χ2n) is 9.22. The van der Waals surface area contributed by atoms with Crippen LogP contribution in [0.5, 0.6) is 11.5 Å². The molecule has 0 spiro atoms. The topological polar surface area (TPSA) is 59.1 Å². The number of imide groups is 1. The van der Waals surface area contributed by atoms with Crippen LogP contribution in [0.1, 0.15) is 71.7 Å². The zero-order chi connectivity index (χ0) is 23.9. The van der Waals surface area contributed by atoms with Crippen LogP contribution in [-0.2, 0) is 6.42 Å². The lowest BCUT2D eigenvalue weighted by atomic mass is 9.99. The van der Waals surface area contributed by atoms with E-state index in [-0.39, 0.29) is 11.8 Å². The van der Waals surface area contributed by atoms with Crippen molar-refractivity contribution in [3.63, 3.8) is 0 Å². The first-order valence-electron chi connectivity index (χ1n) is 12.6. The Kier molecular flexibility index (Phi) is 8.22. The van der Waals surface area contributed by atoms with Crippen molar-refractivity contribution in [3.8, 4) is 11.5 Å². The summed E-state index contributed by atoms with van der Waals surface area (Å²) in [6, 6.07) is 13.5. The van der Waals surface area contributed by atoms with E-state index in [4.69, 9.17) is 9.47 Å². The molecular weight excluding hydrogens is 428 g/mol. The number of benzene rings is 2. The lowest BCUT2D eigenvalue weighted by Gasteiger charge is -2.35. The van der Waals surface area contributed by atoms with Crippen LogP contribution in [0.2, 0.25) is 0 Å². The molecule has 0 aliphatic carbocycles. The van der Waals surface area contributed by atoms with E-state index >= 15 is 0 Å². The van der Waals surface area contributed by atoms with Crippen molar-refractivity contribution in [2.75, 3.05) is 33.4 Å². The highest BCUT2D eigenvalue weighted by molar-refractivity contribution is 6.21. The Bertz CT molecular complexity index is 956. The molecule has 0 bridgehead atoms. The molecule has 1 unspecified atom stereocenters. The monoisotopic (exact) mass is 464 g/mol. The lowest BCUT2D eigenvalue weighted by molar-refractivity contribution is 0.0651. The summed E-state index contributed by atoms with van der Waals surface area (Å²) in [5.41, 5.74) is 2.25. The smallest absolute Gasteiger partial charge is 0.261 e. The first kappa shape index (κ1) is 24.3. The van der Waals surface area contributed by atoms with E-state index < -0.39 is 0 Å². The number of hydrogen-bond acceptors (Lipinski definition) is 5. The number of rotatable bonds is 12. The van der Waals surface area contributed by atoms with E-state index in [1.807, 2.05) is 30.3 Å². The summed E-state index contributed by atoms with van der Waals surface area (Å²) in [7, 11) is 1.72. The van der Waals surface area contributed by atoms with Crippen molar-refractivity contribution in [3.05, 3.63) is 59.2 Å². The van der Waals surface area contributed by atoms with Crippen molar-refractivity contribution < 1.29 is 19.1 Å². The SMILES string of the molecule is CCCN(CCCCCCCN1C(=O)c2ccccc2C1=O)C1COc2cccc(OC)c2C1. The van der Waals surface area contributed by atoms with Gasteiger partial charge in [0.05, 0.1) is 18.2 Å². The predicted octanol–water partition coefficient (Wildman–Crippen LogP) is 4.96. The van der Waals surface area contributed by atoms with Crippen LogP contribution in [0.3, 0.4) is 0 Å². The molecule has 2 amide bonds. The highest BCUT2D eigenvalue weighted by Crippen LogP contribution is 2.34. The highest BCUT2D eigenvalue weighted by Gasteiger charge is 2.34. The van der Waals surface area contributed by atoms with Crippen LogP contribution in [-0.4, -0.2) is 61.0 Å². The number of amides is 2. The minimum absolute atomic E-state index is 0.149. The lowest BCUT2D eigenvalue weighted by Crippen LogP contribution is -2.44.